The molecule has 1 aliphatic heterocycles. The van der Waals surface area contributed by atoms with Gasteiger partial charge in [0.05, 0.1) is 4.92 Å². The van der Waals surface area contributed by atoms with Crippen LogP contribution < -0.4 is 11.1 Å². The normalized spacial score (nSPS) is 17.1. The van der Waals surface area contributed by atoms with E-state index in [0.717, 1.165) is 13.1 Å². The Morgan fingerprint density at radius 1 is 1.28 bits per heavy atom. The molecule has 2 rings (SSSR count). The van der Waals surface area contributed by atoms with Crippen LogP contribution in [-0.2, 0) is 0 Å². The van der Waals surface area contributed by atoms with Crippen molar-refractivity contribution in [2.75, 3.05) is 25.0 Å². The summed E-state index contributed by atoms with van der Waals surface area (Å²) in [5.41, 5.74) is 5.67. The van der Waals surface area contributed by atoms with Crippen LogP contribution in [0.2, 0.25) is 0 Å². The van der Waals surface area contributed by atoms with Gasteiger partial charge >= 0.3 is 0 Å². The molecule has 25 heavy (non-hydrogen) atoms. The highest BCUT2D eigenvalue weighted by Gasteiger charge is 2.24. The summed E-state index contributed by atoms with van der Waals surface area (Å²) in [6.45, 7) is 7.15. The lowest BCUT2D eigenvalue weighted by Gasteiger charge is -2.34. The van der Waals surface area contributed by atoms with E-state index in [1.54, 1.807) is 6.07 Å². The number of benzene rings is 1. The van der Waals surface area contributed by atoms with E-state index in [0.29, 0.717) is 24.2 Å². The summed E-state index contributed by atoms with van der Waals surface area (Å²) in [6.07, 6.45) is 4.96. The van der Waals surface area contributed by atoms with Crippen molar-refractivity contribution in [1.82, 2.24) is 4.90 Å². The van der Waals surface area contributed by atoms with Gasteiger partial charge in [0.15, 0.2) is 0 Å². The predicted molar refractivity (Wildman–Crippen MR) is 98.8 cm³/mol. The number of nitro groups is 1. The molecule has 1 fully saturated rings. The zero-order valence-electron chi connectivity index (χ0n) is 15.0. The Morgan fingerprint density at radius 3 is 2.44 bits per heavy atom. The summed E-state index contributed by atoms with van der Waals surface area (Å²) in [7, 11) is 0. The minimum Gasteiger partial charge on any atom is -0.378 e. The van der Waals surface area contributed by atoms with Gasteiger partial charge in [0, 0.05) is 24.2 Å². The van der Waals surface area contributed by atoms with Crippen LogP contribution in [0.4, 0.5) is 11.4 Å². The molecule has 138 valence electrons. The third kappa shape index (κ3) is 5.16. The second-order valence-electron chi connectivity index (χ2n) is 7.00. The van der Waals surface area contributed by atoms with Gasteiger partial charge < -0.3 is 11.1 Å². The number of anilines is 1. The van der Waals surface area contributed by atoms with Crippen molar-refractivity contribution in [3.63, 3.8) is 0 Å². The Morgan fingerprint density at radius 2 is 1.92 bits per heavy atom. The number of hydrogen-bond donors (Lipinski definition) is 2. The molecule has 1 atom stereocenters. The van der Waals surface area contributed by atoms with Crippen LogP contribution in [0.1, 0.15) is 49.9 Å². The zero-order chi connectivity index (χ0) is 18.4. The number of nitrogens with zero attached hydrogens (tertiary/aromatic N) is 2. The van der Waals surface area contributed by atoms with E-state index >= 15 is 0 Å². The summed E-state index contributed by atoms with van der Waals surface area (Å²) in [5.74, 6) is -0.228. The number of hydrogen-bond acceptors (Lipinski definition) is 5. The second-order valence-corrected chi connectivity index (χ2v) is 7.00. The quantitative estimate of drug-likeness (QED) is 0.582. The smallest absolute Gasteiger partial charge is 0.293 e. The van der Waals surface area contributed by atoms with E-state index in [2.05, 4.69) is 24.1 Å². The van der Waals surface area contributed by atoms with Crippen LogP contribution in [0, 0.1) is 16.0 Å². The van der Waals surface area contributed by atoms with E-state index in [-0.39, 0.29) is 11.3 Å². The van der Waals surface area contributed by atoms with E-state index in [1.807, 2.05) is 0 Å². The van der Waals surface area contributed by atoms with Gasteiger partial charge in [0.25, 0.3) is 5.69 Å². The number of primary amides is 1. The molecule has 0 bridgehead atoms. The topological polar surface area (TPSA) is 101 Å². The van der Waals surface area contributed by atoms with Crippen molar-refractivity contribution in [1.29, 1.82) is 0 Å². The Hall–Kier alpha value is -2.15. The van der Waals surface area contributed by atoms with Gasteiger partial charge in [0.1, 0.15) is 5.69 Å². The van der Waals surface area contributed by atoms with E-state index in [9.17, 15) is 14.9 Å². The van der Waals surface area contributed by atoms with Gasteiger partial charge in [-0.05, 0) is 44.0 Å². The highest BCUT2D eigenvalue weighted by Crippen LogP contribution is 2.26. The van der Waals surface area contributed by atoms with Crippen LogP contribution in [-0.4, -0.2) is 41.4 Å². The number of carbonyl (C=O) groups excluding carboxylic acids is 1. The zero-order valence-corrected chi connectivity index (χ0v) is 15.0. The predicted octanol–water partition coefficient (Wildman–Crippen LogP) is 3.01. The average molecular weight is 348 g/mol. The Bertz CT molecular complexity index is 610. The number of rotatable bonds is 7. The van der Waals surface area contributed by atoms with Crippen LogP contribution in [0.3, 0.4) is 0 Å². The minimum absolute atomic E-state index is 0.116. The molecule has 0 spiro atoms. The first-order valence-electron chi connectivity index (χ1n) is 8.96. The van der Waals surface area contributed by atoms with Gasteiger partial charge in [-0.2, -0.15) is 0 Å². The van der Waals surface area contributed by atoms with Crippen molar-refractivity contribution in [3.05, 3.63) is 33.9 Å². The van der Waals surface area contributed by atoms with Gasteiger partial charge in [-0.1, -0.05) is 26.7 Å². The molecule has 1 aromatic rings. The molecule has 1 unspecified atom stereocenters. The van der Waals surface area contributed by atoms with Crippen LogP contribution >= 0.6 is 0 Å². The molecule has 1 aliphatic rings. The highest BCUT2D eigenvalue weighted by atomic mass is 16.6. The maximum atomic E-state index is 11.3. The van der Waals surface area contributed by atoms with Crippen LogP contribution in [0.5, 0.6) is 0 Å². The molecule has 0 aromatic heterocycles. The molecule has 0 saturated carbocycles. The SMILES string of the molecule is CC(C)C(CNc1ccc(C(N)=O)cc1[N+](=O)[O-])N1CCCCCC1. The number of carbonyl (C=O) groups is 1. The Balaban J connectivity index is 2.14. The maximum absolute atomic E-state index is 11.3. The van der Waals surface area contributed by atoms with Gasteiger partial charge in [0.2, 0.25) is 5.91 Å². The third-order valence-electron chi connectivity index (χ3n) is 4.86. The molecule has 3 N–H and O–H groups in total. The van der Waals surface area contributed by atoms with Crippen molar-refractivity contribution in [3.8, 4) is 0 Å². The fourth-order valence-electron chi connectivity index (χ4n) is 3.41. The molecule has 0 radical (unpaired) electrons. The lowest BCUT2D eigenvalue weighted by molar-refractivity contribution is -0.384. The maximum Gasteiger partial charge on any atom is 0.293 e. The molecular weight excluding hydrogens is 320 g/mol. The monoisotopic (exact) mass is 348 g/mol. The lowest BCUT2D eigenvalue weighted by atomic mass is 10.0. The number of nitrogens with two attached hydrogens (primary N) is 1. The Kier molecular flexibility index (Phi) is 6.75. The van der Waals surface area contributed by atoms with Crippen LogP contribution in [0.15, 0.2) is 18.2 Å². The summed E-state index contributed by atoms with van der Waals surface area (Å²) in [4.78, 5) is 24.6. The lowest BCUT2D eigenvalue weighted by Crippen LogP contribution is -2.44. The van der Waals surface area contributed by atoms with Crippen molar-refractivity contribution >= 4 is 17.3 Å². The molecule has 1 heterocycles. The largest absolute Gasteiger partial charge is 0.378 e. The first-order valence-corrected chi connectivity index (χ1v) is 8.96. The van der Waals surface area contributed by atoms with Crippen molar-refractivity contribution in [2.24, 2.45) is 11.7 Å². The number of likely N-dealkylation sites (tertiary alicyclic amines) is 1. The standard InChI is InChI=1S/C18H28N4O3/c1-13(2)17(21-9-5-3-4-6-10-21)12-20-15-8-7-14(18(19)23)11-16(15)22(24)25/h7-8,11,13,17,20H,3-6,9-10,12H2,1-2H3,(H2,19,23). The van der Waals surface area contributed by atoms with Gasteiger partial charge in [-0.15, -0.1) is 0 Å². The van der Waals surface area contributed by atoms with Crippen LogP contribution in [0.25, 0.3) is 0 Å². The van der Waals surface area contributed by atoms with E-state index in [4.69, 9.17) is 5.73 Å². The van der Waals surface area contributed by atoms with Gasteiger partial charge in [-0.25, -0.2) is 0 Å². The first-order chi connectivity index (χ1) is 11.9. The molecule has 7 heteroatoms. The average Bonchev–Trinajstić information content (AvgIpc) is 2.83. The molecule has 1 amide bonds. The molecule has 7 nitrogen and oxygen atoms in total. The molecule has 1 saturated heterocycles. The fraction of sp³-hybridized carbons (Fsp3) is 0.611. The summed E-state index contributed by atoms with van der Waals surface area (Å²) >= 11 is 0. The summed E-state index contributed by atoms with van der Waals surface area (Å²) in [5, 5.41) is 14.5. The third-order valence-corrected chi connectivity index (χ3v) is 4.86. The minimum atomic E-state index is -0.667. The summed E-state index contributed by atoms with van der Waals surface area (Å²) < 4.78 is 0. The van der Waals surface area contributed by atoms with Gasteiger partial charge in [-0.3, -0.25) is 19.8 Å². The number of amides is 1. The second kappa shape index (κ2) is 8.80. The molecule has 0 aliphatic carbocycles. The fourth-order valence-corrected chi connectivity index (χ4v) is 3.41. The molecular formula is C18H28N4O3. The van der Waals surface area contributed by atoms with E-state index in [1.165, 1.54) is 37.8 Å². The van der Waals surface area contributed by atoms with E-state index < -0.39 is 10.8 Å². The van der Waals surface area contributed by atoms with Crippen molar-refractivity contribution < 1.29 is 9.72 Å². The Labute approximate surface area is 148 Å². The number of nitro benzene ring substituents is 1. The first kappa shape index (κ1) is 19.2. The van der Waals surface area contributed by atoms with Crippen molar-refractivity contribution in [2.45, 2.75) is 45.6 Å². The highest BCUT2D eigenvalue weighted by molar-refractivity contribution is 5.94. The number of nitrogens with one attached hydrogen (secondary N) is 1. The molecule has 1 aromatic carbocycles. The summed E-state index contributed by atoms with van der Waals surface area (Å²) in [6, 6.07) is 4.64.